The Kier molecular flexibility index (Phi) is 5.76. The summed E-state index contributed by atoms with van der Waals surface area (Å²) in [7, 11) is 3.41. The monoisotopic (exact) mass is 390 g/mol. The van der Waals surface area contributed by atoms with Gasteiger partial charge >= 0.3 is 0 Å². The van der Waals surface area contributed by atoms with Crippen molar-refractivity contribution in [1.29, 1.82) is 0 Å². The van der Waals surface area contributed by atoms with Gasteiger partial charge in [-0.3, -0.25) is 4.90 Å². The molecule has 5 heteroatoms. The first kappa shape index (κ1) is 17.3. The molecule has 1 aliphatic heterocycles. The van der Waals surface area contributed by atoms with Crippen molar-refractivity contribution in [1.82, 2.24) is 10.2 Å². The summed E-state index contributed by atoms with van der Waals surface area (Å²) >= 11 is 3.56. The lowest BCUT2D eigenvalue weighted by Crippen LogP contribution is -2.45. The van der Waals surface area contributed by atoms with Crippen LogP contribution in [0.2, 0.25) is 0 Å². The zero-order chi connectivity index (χ0) is 16.9. The van der Waals surface area contributed by atoms with Crippen LogP contribution in [0.1, 0.15) is 17.2 Å². The molecule has 1 fully saturated rings. The molecule has 0 spiro atoms. The summed E-state index contributed by atoms with van der Waals surface area (Å²) in [6, 6.07) is 14.8. The van der Waals surface area contributed by atoms with Gasteiger partial charge in [0.2, 0.25) is 0 Å². The second-order valence-corrected chi connectivity index (χ2v) is 6.68. The molecular weight excluding hydrogens is 368 g/mol. The van der Waals surface area contributed by atoms with Crippen LogP contribution < -0.4 is 14.8 Å². The van der Waals surface area contributed by atoms with Gasteiger partial charge in [-0.25, -0.2) is 0 Å². The average molecular weight is 391 g/mol. The Bertz CT molecular complexity index is 673. The minimum Gasteiger partial charge on any atom is -0.496 e. The Balaban J connectivity index is 2.11. The molecule has 1 atom stereocenters. The van der Waals surface area contributed by atoms with Gasteiger partial charge in [0.15, 0.2) is 0 Å². The second kappa shape index (κ2) is 8.01. The molecule has 0 aromatic heterocycles. The second-order valence-electron chi connectivity index (χ2n) is 5.83. The molecule has 1 unspecified atom stereocenters. The van der Waals surface area contributed by atoms with Gasteiger partial charge in [-0.1, -0.05) is 30.3 Å². The molecular formula is C19H23BrN2O2. The number of ether oxygens (including phenoxy) is 2. The van der Waals surface area contributed by atoms with E-state index in [-0.39, 0.29) is 6.04 Å². The predicted octanol–water partition coefficient (Wildman–Crippen LogP) is 3.46. The normalized spacial score (nSPS) is 16.6. The third-order valence-electron chi connectivity index (χ3n) is 4.43. The highest BCUT2D eigenvalue weighted by atomic mass is 79.9. The highest BCUT2D eigenvalue weighted by molar-refractivity contribution is 9.10. The minimum atomic E-state index is 0.144. The summed E-state index contributed by atoms with van der Waals surface area (Å²) in [4.78, 5) is 2.50. The van der Waals surface area contributed by atoms with Gasteiger partial charge in [-0.2, -0.15) is 0 Å². The molecule has 4 nitrogen and oxygen atoms in total. The first-order valence-corrected chi connectivity index (χ1v) is 8.95. The number of nitrogens with zero attached hydrogens (tertiary/aromatic N) is 1. The van der Waals surface area contributed by atoms with Crippen molar-refractivity contribution in [3.63, 3.8) is 0 Å². The number of nitrogens with one attached hydrogen (secondary N) is 1. The lowest BCUT2D eigenvalue weighted by Gasteiger charge is -2.36. The SMILES string of the molecule is COc1cc(C(c2ccccc2)N2CCNCC2)c(OC)cc1Br. The number of rotatable bonds is 5. The summed E-state index contributed by atoms with van der Waals surface area (Å²) in [6.45, 7) is 4.00. The van der Waals surface area contributed by atoms with Crippen LogP contribution in [0.3, 0.4) is 0 Å². The van der Waals surface area contributed by atoms with E-state index in [0.29, 0.717) is 0 Å². The van der Waals surface area contributed by atoms with E-state index >= 15 is 0 Å². The van der Waals surface area contributed by atoms with Crippen molar-refractivity contribution >= 4 is 15.9 Å². The zero-order valence-electron chi connectivity index (χ0n) is 14.1. The van der Waals surface area contributed by atoms with Crippen LogP contribution in [0.15, 0.2) is 46.9 Å². The van der Waals surface area contributed by atoms with Crippen LogP contribution in [0.5, 0.6) is 11.5 Å². The first-order chi connectivity index (χ1) is 11.7. The highest BCUT2D eigenvalue weighted by Gasteiger charge is 2.27. The lowest BCUT2D eigenvalue weighted by atomic mass is 9.95. The maximum absolute atomic E-state index is 5.69. The summed E-state index contributed by atoms with van der Waals surface area (Å²) < 4.78 is 12.1. The maximum Gasteiger partial charge on any atom is 0.133 e. The topological polar surface area (TPSA) is 33.7 Å². The van der Waals surface area contributed by atoms with Gasteiger partial charge in [-0.15, -0.1) is 0 Å². The van der Waals surface area contributed by atoms with Gasteiger partial charge in [0.1, 0.15) is 11.5 Å². The number of hydrogen-bond acceptors (Lipinski definition) is 4. The van der Waals surface area contributed by atoms with Crippen LogP contribution in [0, 0.1) is 0 Å². The largest absolute Gasteiger partial charge is 0.496 e. The van der Waals surface area contributed by atoms with E-state index in [9.17, 15) is 0 Å². The van der Waals surface area contributed by atoms with Gasteiger partial charge < -0.3 is 14.8 Å². The Morgan fingerprint density at radius 2 is 1.67 bits per heavy atom. The fourth-order valence-electron chi connectivity index (χ4n) is 3.26. The Morgan fingerprint density at radius 3 is 2.29 bits per heavy atom. The van der Waals surface area contributed by atoms with E-state index in [0.717, 1.165) is 47.7 Å². The molecule has 1 saturated heterocycles. The predicted molar refractivity (Wildman–Crippen MR) is 100.0 cm³/mol. The van der Waals surface area contributed by atoms with E-state index in [2.05, 4.69) is 62.5 Å². The molecule has 3 rings (SSSR count). The Labute approximate surface area is 151 Å². The number of hydrogen-bond donors (Lipinski definition) is 1. The number of methoxy groups -OCH3 is 2. The van der Waals surface area contributed by atoms with E-state index in [1.807, 2.05) is 6.07 Å². The number of benzene rings is 2. The molecule has 2 aromatic carbocycles. The van der Waals surface area contributed by atoms with Crippen molar-refractivity contribution in [2.45, 2.75) is 6.04 Å². The molecule has 0 saturated carbocycles. The number of halogens is 1. The summed E-state index contributed by atoms with van der Waals surface area (Å²) in [5, 5.41) is 3.43. The van der Waals surface area contributed by atoms with E-state index in [4.69, 9.17) is 9.47 Å². The van der Waals surface area contributed by atoms with Crippen LogP contribution in [-0.4, -0.2) is 45.3 Å². The van der Waals surface area contributed by atoms with Crippen molar-refractivity contribution in [3.8, 4) is 11.5 Å². The molecule has 1 heterocycles. The lowest BCUT2D eigenvalue weighted by molar-refractivity contribution is 0.195. The van der Waals surface area contributed by atoms with Crippen molar-refractivity contribution in [3.05, 3.63) is 58.1 Å². The van der Waals surface area contributed by atoms with Crippen molar-refractivity contribution in [2.24, 2.45) is 0 Å². The Hall–Kier alpha value is -1.56. The zero-order valence-corrected chi connectivity index (χ0v) is 15.7. The van der Waals surface area contributed by atoms with Crippen molar-refractivity contribution in [2.75, 3.05) is 40.4 Å². The summed E-state index contributed by atoms with van der Waals surface area (Å²) in [5.74, 6) is 1.69. The third-order valence-corrected chi connectivity index (χ3v) is 5.05. The third kappa shape index (κ3) is 3.58. The molecule has 128 valence electrons. The molecule has 0 bridgehead atoms. The van der Waals surface area contributed by atoms with Gasteiger partial charge in [0, 0.05) is 31.7 Å². The fourth-order valence-corrected chi connectivity index (χ4v) is 3.74. The quantitative estimate of drug-likeness (QED) is 0.847. The highest BCUT2D eigenvalue weighted by Crippen LogP contribution is 2.40. The molecule has 1 N–H and O–H groups in total. The van der Waals surface area contributed by atoms with Gasteiger partial charge in [-0.05, 0) is 33.6 Å². The molecule has 0 aliphatic carbocycles. The van der Waals surface area contributed by atoms with Crippen LogP contribution >= 0.6 is 15.9 Å². The molecule has 0 radical (unpaired) electrons. The van der Waals surface area contributed by atoms with Crippen LogP contribution in [0.4, 0.5) is 0 Å². The van der Waals surface area contributed by atoms with Crippen LogP contribution in [-0.2, 0) is 0 Å². The molecule has 2 aromatic rings. The van der Waals surface area contributed by atoms with E-state index < -0.39 is 0 Å². The maximum atomic E-state index is 5.69. The van der Waals surface area contributed by atoms with Gasteiger partial charge in [0.25, 0.3) is 0 Å². The molecule has 0 amide bonds. The first-order valence-electron chi connectivity index (χ1n) is 8.15. The van der Waals surface area contributed by atoms with E-state index in [1.54, 1.807) is 14.2 Å². The van der Waals surface area contributed by atoms with E-state index in [1.165, 1.54) is 5.56 Å². The molecule has 24 heavy (non-hydrogen) atoms. The minimum absolute atomic E-state index is 0.144. The van der Waals surface area contributed by atoms with Crippen LogP contribution in [0.25, 0.3) is 0 Å². The summed E-state index contributed by atoms with van der Waals surface area (Å²) in [5.41, 5.74) is 2.40. The standard InChI is InChI=1S/C19H23BrN2O2/c1-23-17-13-16(20)18(24-2)12-15(17)19(14-6-4-3-5-7-14)22-10-8-21-9-11-22/h3-7,12-13,19,21H,8-11H2,1-2H3. The Morgan fingerprint density at radius 1 is 1.00 bits per heavy atom. The summed E-state index contributed by atoms with van der Waals surface area (Å²) in [6.07, 6.45) is 0. The fraction of sp³-hybridized carbons (Fsp3) is 0.368. The van der Waals surface area contributed by atoms with Crippen molar-refractivity contribution < 1.29 is 9.47 Å². The molecule has 1 aliphatic rings. The van der Waals surface area contributed by atoms with Gasteiger partial charge in [0.05, 0.1) is 24.7 Å². The average Bonchev–Trinajstić information content (AvgIpc) is 2.64. The number of piperazine rings is 1. The smallest absolute Gasteiger partial charge is 0.133 e.